The number of ether oxygens (including phenoxy) is 3. The summed E-state index contributed by atoms with van der Waals surface area (Å²) in [5, 5.41) is 0.983. The fourth-order valence-corrected chi connectivity index (χ4v) is 7.59. The summed E-state index contributed by atoms with van der Waals surface area (Å²) in [6, 6.07) is 17.2. The molecule has 11 heteroatoms. The Morgan fingerprint density at radius 2 is 1.81 bits per heavy atom. The number of aromatic nitrogens is 2. The van der Waals surface area contributed by atoms with Gasteiger partial charge < -0.3 is 18.8 Å². The third-order valence-electron chi connectivity index (χ3n) is 8.20. The normalized spacial score (nSPS) is 14.7. The number of methoxy groups -OCH3 is 1. The maximum atomic E-state index is 14.4. The number of carbonyl (C=O) groups excluding carboxylic acids is 1. The average Bonchev–Trinajstić information content (AvgIpc) is 3.50. The molecule has 5 aromatic rings. The van der Waals surface area contributed by atoms with Gasteiger partial charge in [-0.15, -0.1) is 0 Å². The van der Waals surface area contributed by atoms with Crippen molar-refractivity contribution in [1.82, 2.24) is 9.13 Å². The van der Waals surface area contributed by atoms with E-state index in [-0.39, 0.29) is 23.6 Å². The molecule has 0 saturated carbocycles. The molecule has 47 heavy (non-hydrogen) atoms. The fraction of sp³-hybridized carbons (Fsp3) is 0.250. The quantitative estimate of drug-likeness (QED) is 0.165. The minimum atomic E-state index is -0.840. The highest BCUT2D eigenvalue weighted by Gasteiger charge is 2.35. The Kier molecular flexibility index (Phi) is 9.20. The Bertz CT molecular complexity index is 2230. The first-order chi connectivity index (χ1) is 22.7. The summed E-state index contributed by atoms with van der Waals surface area (Å²) < 4.78 is 35.3. The van der Waals surface area contributed by atoms with Gasteiger partial charge in [-0.05, 0) is 75.2 Å². The largest absolute Gasteiger partial charge is 0.493 e. The average molecular weight is 719 g/mol. The van der Waals surface area contributed by atoms with E-state index in [1.165, 1.54) is 23.5 Å². The molecule has 242 valence electrons. The van der Waals surface area contributed by atoms with Gasteiger partial charge in [-0.2, -0.15) is 0 Å². The topological polar surface area (TPSA) is 84.1 Å². The highest BCUT2D eigenvalue weighted by atomic mass is 79.9. The van der Waals surface area contributed by atoms with Gasteiger partial charge >= 0.3 is 5.97 Å². The van der Waals surface area contributed by atoms with Crippen LogP contribution in [-0.2, 0) is 16.1 Å². The van der Waals surface area contributed by atoms with E-state index in [0.29, 0.717) is 49.7 Å². The first kappa shape index (κ1) is 32.5. The lowest BCUT2D eigenvalue weighted by atomic mass is 9.95. The van der Waals surface area contributed by atoms with E-state index >= 15 is 0 Å². The molecule has 3 aromatic carbocycles. The second-order valence-corrected chi connectivity index (χ2v) is 12.9. The lowest BCUT2D eigenvalue weighted by Gasteiger charge is -2.26. The van der Waals surface area contributed by atoms with Crippen LogP contribution in [0.2, 0.25) is 0 Å². The number of hydrogen-bond acceptors (Lipinski definition) is 7. The monoisotopic (exact) mass is 717 g/mol. The molecule has 1 aliphatic heterocycles. The minimum absolute atomic E-state index is 0.168. The first-order valence-electron chi connectivity index (χ1n) is 15.2. The standard InChI is InChI=1S/C36H33BrFN3O5S/c1-6-45-30-18-27(37)26(16-29(30)44-5)33-32(35(43)46-7-2)20(3)39-36-41(33)34(42)31(47-36)17-25-21(4)40(28-11-9-8-10-24(25)28)19-22-12-14-23(38)15-13-22/h8-18,33H,6-7,19H2,1-5H3/b31-17+/t33-/m0/s1. The molecule has 3 heterocycles. The Labute approximate surface area is 283 Å². The van der Waals surface area contributed by atoms with Crippen LogP contribution in [-0.4, -0.2) is 35.4 Å². The molecular formula is C36H33BrFN3O5S. The number of nitrogens with zero attached hydrogens (tertiary/aromatic N) is 3. The number of carbonyl (C=O) groups is 1. The molecule has 0 radical (unpaired) electrons. The number of benzene rings is 3. The first-order valence-corrected chi connectivity index (χ1v) is 16.8. The molecule has 8 nitrogen and oxygen atoms in total. The highest BCUT2D eigenvalue weighted by Crippen LogP contribution is 2.41. The summed E-state index contributed by atoms with van der Waals surface area (Å²) in [6.45, 7) is 8.53. The molecule has 0 fully saturated rings. The van der Waals surface area contributed by atoms with Gasteiger partial charge in [0.25, 0.3) is 5.56 Å². The number of hydrogen-bond donors (Lipinski definition) is 0. The van der Waals surface area contributed by atoms with Gasteiger partial charge in [0.15, 0.2) is 16.3 Å². The van der Waals surface area contributed by atoms with Crippen molar-refractivity contribution in [1.29, 1.82) is 0 Å². The molecule has 0 saturated heterocycles. The number of thiazole rings is 1. The van der Waals surface area contributed by atoms with E-state index in [0.717, 1.165) is 27.7 Å². The zero-order valence-electron chi connectivity index (χ0n) is 26.6. The third-order valence-corrected chi connectivity index (χ3v) is 9.87. The van der Waals surface area contributed by atoms with E-state index in [4.69, 9.17) is 19.2 Å². The number of para-hydroxylation sites is 1. The van der Waals surface area contributed by atoms with Gasteiger partial charge in [0.1, 0.15) is 5.82 Å². The smallest absolute Gasteiger partial charge is 0.338 e. The van der Waals surface area contributed by atoms with Crippen LogP contribution >= 0.6 is 27.3 Å². The second kappa shape index (κ2) is 13.3. The van der Waals surface area contributed by atoms with Crippen LogP contribution in [0.25, 0.3) is 17.0 Å². The molecule has 0 aliphatic carbocycles. The summed E-state index contributed by atoms with van der Waals surface area (Å²) in [5.74, 6) is 0.167. The molecular weight excluding hydrogens is 685 g/mol. The Morgan fingerprint density at radius 3 is 2.51 bits per heavy atom. The van der Waals surface area contributed by atoms with Crippen molar-refractivity contribution in [3.05, 3.63) is 124 Å². The zero-order chi connectivity index (χ0) is 33.4. The van der Waals surface area contributed by atoms with Gasteiger partial charge in [0.05, 0.1) is 42.2 Å². The van der Waals surface area contributed by atoms with Crippen LogP contribution in [0.5, 0.6) is 11.5 Å². The highest BCUT2D eigenvalue weighted by molar-refractivity contribution is 9.10. The fourth-order valence-electron chi connectivity index (χ4n) is 6.02. The molecule has 0 unspecified atom stereocenters. The van der Waals surface area contributed by atoms with Crippen LogP contribution in [0.3, 0.4) is 0 Å². The molecule has 0 bridgehead atoms. The van der Waals surface area contributed by atoms with Gasteiger partial charge in [-0.3, -0.25) is 9.36 Å². The van der Waals surface area contributed by atoms with Crippen LogP contribution in [0.15, 0.2) is 86.2 Å². The van der Waals surface area contributed by atoms with Crippen molar-refractivity contribution in [2.45, 2.75) is 40.3 Å². The van der Waals surface area contributed by atoms with Gasteiger partial charge in [-0.1, -0.05) is 57.6 Å². The Balaban J connectivity index is 1.56. The van der Waals surface area contributed by atoms with Gasteiger partial charge in [0.2, 0.25) is 0 Å². The summed E-state index contributed by atoms with van der Waals surface area (Å²) in [7, 11) is 1.54. The van der Waals surface area contributed by atoms with Crippen LogP contribution in [0.1, 0.15) is 49.2 Å². The molecule has 1 aliphatic rings. The van der Waals surface area contributed by atoms with Crippen molar-refractivity contribution >= 4 is 50.2 Å². The van der Waals surface area contributed by atoms with E-state index in [1.807, 2.05) is 44.2 Å². The van der Waals surface area contributed by atoms with Crippen molar-refractivity contribution in [3.63, 3.8) is 0 Å². The van der Waals surface area contributed by atoms with Gasteiger partial charge in [-0.25, -0.2) is 14.2 Å². The maximum absolute atomic E-state index is 14.4. The van der Waals surface area contributed by atoms with Crippen molar-refractivity contribution < 1.29 is 23.4 Å². The van der Waals surface area contributed by atoms with E-state index in [1.54, 1.807) is 49.8 Å². The zero-order valence-corrected chi connectivity index (χ0v) is 29.0. The molecule has 2 aromatic heterocycles. The lowest BCUT2D eigenvalue weighted by molar-refractivity contribution is -0.139. The molecule has 6 rings (SSSR count). The molecule has 0 spiro atoms. The predicted molar refractivity (Wildman–Crippen MR) is 184 cm³/mol. The summed E-state index contributed by atoms with van der Waals surface area (Å²) >= 11 is 4.94. The van der Waals surface area contributed by atoms with Crippen LogP contribution in [0, 0.1) is 12.7 Å². The van der Waals surface area contributed by atoms with Gasteiger partial charge in [0, 0.05) is 33.2 Å². The number of rotatable bonds is 9. The van der Waals surface area contributed by atoms with E-state index in [2.05, 4.69) is 20.5 Å². The number of fused-ring (bicyclic) bond motifs is 2. The summed E-state index contributed by atoms with van der Waals surface area (Å²) in [5.41, 5.74) is 4.88. The number of allylic oxidation sites excluding steroid dienone is 1. The molecule has 1 atom stereocenters. The Hall–Kier alpha value is -4.48. The third kappa shape index (κ3) is 5.94. The summed E-state index contributed by atoms with van der Waals surface area (Å²) in [6.07, 6.45) is 1.90. The summed E-state index contributed by atoms with van der Waals surface area (Å²) in [4.78, 5) is 33.1. The van der Waals surface area contributed by atoms with Crippen molar-refractivity contribution in [3.8, 4) is 11.5 Å². The number of halogens is 2. The van der Waals surface area contributed by atoms with Crippen LogP contribution < -0.4 is 24.4 Å². The van der Waals surface area contributed by atoms with Crippen molar-refractivity contribution in [2.75, 3.05) is 20.3 Å². The predicted octanol–water partition coefficient (Wildman–Crippen LogP) is 6.42. The molecule has 0 amide bonds. The lowest BCUT2D eigenvalue weighted by Crippen LogP contribution is -2.40. The van der Waals surface area contributed by atoms with E-state index in [9.17, 15) is 14.0 Å². The van der Waals surface area contributed by atoms with E-state index < -0.39 is 12.0 Å². The number of esters is 1. The Morgan fingerprint density at radius 1 is 1.06 bits per heavy atom. The maximum Gasteiger partial charge on any atom is 0.338 e. The minimum Gasteiger partial charge on any atom is -0.493 e. The SMILES string of the molecule is CCOC(=O)C1=C(C)N=c2s/c(=C/c3c(C)n(Cc4ccc(F)cc4)c4ccccc34)c(=O)n2[C@H]1c1cc(OC)c(OCC)cc1Br. The molecule has 0 N–H and O–H groups in total. The van der Waals surface area contributed by atoms with Crippen LogP contribution in [0.4, 0.5) is 4.39 Å². The van der Waals surface area contributed by atoms with Crippen molar-refractivity contribution in [2.24, 2.45) is 4.99 Å². The second-order valence-electron chi connectivity index (χ2n) is 11.0.